The maximum atomic E-state index is 5.23. The highest BCUT2D eigenvalue weighted by Gasteiger charge is 2.00. The minimum Gasteiger partial charge on any atom is -0.331 e. The third-order valence-corrected chi connectivity index (χ3v) is 3.45. The van der Waals surface area contributed by atoms with Crippen molar-refractivity contribution in [3.8, 4) is 0 Å². The van der Waals surface area contributed by atoms with Gasteiger partial charge in [0.1, 0.15) is 0 Å². The fraction of sp³-hybridized carbons (Fsp3) is 0.222. The van der Waals surface area contributed by atoms with Crippen molar-refractivity contribution in [3.05, 3.63) is 65.2 Å². The van der Waals surface area contributed by atoms with Crippen molar-refractivity contribution in [1.29, 1.82) is 0 Å². The molecule has 0 atom stereocenters. The molecule has 0 unspecified atom stereocenters. The summed E-state index contributed by atoms with van der Waals surface area (Å²) in [4.78, 5) is 0. The van der Waals surface area contributed by atoms with Gasteiger partial charge in [0.05, 0.1) is 6.21 Å². The minimum absolute atomic E-state index is 0.473. The lowest BCUT2D eigenvalue weighted by Gasteiger charge is -2.09. The summed E-state index contributed by atoms with van der Waals surface area (Å²) in [7, 11) is 0. The molecule has 0 aromatic heterocycles. The molecule has 0 spiro atoms. The van der Waals surface area contributed by atoms with E-state index in [-0.39, 0.29) is 0 Å². The van der Waals surface area contributed by atoms with Gasteiger partial charge in [0, 0.05) is 5.69 Å². The summed E-state index contributed by atoms with van der Waals surface area (Å²) in [5, 5.41) is 7.73. The van der Waals surface area contributed by atoms with Gasteiger partial charge in [0.25, 0.3) is 0 Å². The highest BCUT2D eigenvalue weighted by Crippen LogP contribution is 2.16. The smallest absolute Gasteiger partial charge is 0.191 e. The number of rotatable bonds is 4. The predicted octanol–water partition coefficient (Wildman–Crippen LogP) is 4.44. The highest BCUT2D eigenvalue weighted by molar-refractivity contribution is 7.80. The molecule has 2 aromatic carbocycles. The molecule has 0 amide bonds. The van der Waals surface area contributed by atoms with Crippen molar-refractivity contribution in [2.45, 2.75) is 26.7 Å². The van der Waals surface area contributed by atoms with Crippen LogP contribution in [0.15, 0.2) is 53.6 Å². The third kappa shape index (κ3) is 4.97. The molecule has 0 saturated heterocycles. The fourth-order valence-corrected chi connectivity index (χ4v) is 2.20. The Labute approximate surface area is 137 Å². The Kier molecular flexibility index (Phi) is 5.67. The van der Waals surface area contributed by atoms with E-state index in [0.29, 0.717) is 11.0 Å². The van der Waals surface area contributed by atoms with Crippen LogP contribution in [0.1, 0.15) is 36.5 Å². The van der Waals surface area contributed by atoms with Crippen LogP contribution in [0.3, 0.4) is 0 Å². The Morgan fingerprint density at radius 1 is 1.14 bits per heavy atom. The molecule has 0 saturated carbocycles. The van der Waals surface area contributed by atoms with E-state index in [1.165, 1.54) is 11.1 Å². The Morgan fingerprint density at radius 3 is 2.50 bits per heavy atom. The normalized spacial score (nSPS) is 10.9. The second kappa shape index (κ2) is 7.71. The Hall–Kier alpha value is -2.20. The minimum atomic E-state index is 0.473. The topological polar surface area (TPSA) is 36.4 Å². The molecular formula is C18H21N3S. The zero-order valence-electron chi connectivity index (χ0n) is 13.1. The van der Waals surface area contributed by atoms with Crippen LogP contribution in [-0.4, -0.2) is 11.3 Å². The van der Waals surface area contributed by atoms with Crippen LogP contribution in [-0.2, 0) is 0 Å². The lowest BCUT2D eigenvalue weighted by atomic mass is 10.0. The molecule has 22 heavy (non-hydrogen) atoms. The van der Waals surface area contributed by atoms with Crippen molar-refractivity contribution in [2.75, 3.05) is 5.32 Å². The van der Waals surface area contributed by atoms with E-state index in [1.807, 2.05) is 24.3 Å². The van der Waals surface area contributed by atoms with Crippen molar-refractivity contribution >= 4 is 29.2 Å². The van der Waals surface area contributed by atoms with Gasteiger partial charge in [-0.25, -0.2) is 0 Å². The second-order valence-corrected chi connectivity index (χ2v) is 5.92. The van der Waals surface area contributed by atoms with Crippen LogP contribution >= 0.6 is 12.2 Å². The number of hydrogen-bond acceptors (Lipinski definition) is 2. The molecule has 0 aliphatic heterocycles. The number of thiocarbonyl (C=S) groups is 1. The molecule has 0 fully saturated rings. The Morgan fingerprint density at radius 2 is 1.86 bits per heavy atom. The summed E-state index contributed by atoms with van der Waals surface area (Å²) >= 11 is 5.23. The Balaban J connectivity index is 1.87. The molecule has 4 heteroatoms. The fourth-order valence-electron chi connectivity index (χ4n) is 2.03. The van der Waals surface area contributed by atoms with Gasteiger partial charge in [-0.05, 0) is 48.3 Å². The van der Waals surface area contributed by atoms with Crippen molar-refractivity contribution < 1.29 is 0 Å². The quantitative estimate of drug-likeness (QED) is 0.498. The van der Waals surface area contributed by atoms with Crippen LogP contribution in [0, 0.1) is 6.92 Å². The first-order chi connectivity index (χ1) is 10.5. The van der Waals surface area contributed by atoms with Gasteiger partial charge < -0.3 is 5.32 Å². The monoisotopic (exact) mass is 311 g/mol. The van der Waals surface area contributed by atoms with Crippen LogP contribution in [0.5, 0.6) is 0 Å². The maximum absolute atomic E-state index is 5.23. The highest BCUT2D eigenvalue weighted by atomic mass is 32.1. The molecule has 0 radical (unpaired) electrons. The zero-order valence-corrected chi connectivity index (χ0v) is 13.9. The van der Waals surface area contributed by atoms with Crippen LogP contribution in [0.25, 0.3) is 0 Å². The number of nitrogens with one attached hydrogen (secondary N) is 2. The number of hydrogen-bond donors (Lipinski definition) is 2. The Bertz CT molecular complexity index is 660. The zero-order chi connectivity index (χ0) is 15.9. The van der Waals surface area contributed by atoms with Gasteiger partial charge in [0.15, 0.2) is 5.11 Å². The van der Waals surface area contributed by atoms with E-state index in [2.05, 4.69) is 60.9 Å². The van der Waals surface area contributed by atoms with E-state index in [4.69, 9.17) is 12.2 Å². The van der Waals surface area contributed by atoms with Gasteiger partial charge >= 0.3 is 0 Å². The number of nitrogens with zero attached hydrogens (tertiary/aromatic N) is 1. The van der Waals surface area contributed by atoms with Crippen LogP contribution < -0.4 is 10.7 Å². The van der Waals surface area contributed by atoms with Crippen LogP contribution in [0.4, 0.5) is 5.69 Å². The third-order valence-electron chi connectivity index (χ3n) is 3.26. The van der Waals surface area contributed by atoms with Gasteiger partial charge in [-0.1, -0.05) is 55.8 Å². The standard InChI is InChI=1S/C18H21N3S/c1-13(2)16-7-9-17(10-8-16)20-18(22)21-19-12-15-6-4-5-14(3)11-15/h4-13H,1-3H3,(H2,20,21,22)/b19-12+. The van der Waals surface area contributed by atoms with E-state index in [9.17, 15) is 0 Å². The van der Waals surface area contributed by atoms with E-state index < -0.39 is 0 Å². The molecule has 114 valence electrons. The molecule has 2 aromatic rings. The van der Waals surface area contributed by atoms with Crippen molar-refractivity contribution in [3.63, 3.8) is 0 Å². The average Bonchev–Trinajstić information content (AvgIpc) is 2.48. The molecule has 2 N–H and O–H groups in total. The first-order valence-corrected chi connectivity index (χ1v) is 7.72. The first kappa shape index (κ1) is 16.2. The van der Waals surface area contributed by atoms with E-state index in [0.717, 1.165) is 11.3 Å². The van der Waals surface area contributed by atoms with E-state index in [1.54, 1.807) is 6.21 Å². The molecule has 2 rings (SSSR count). The average molecular weight is 311 g/mol. The first-order valence-electron chi connectivity index (χ1n) is 7.31. The summed E-state index contributed by atoms with van der Waals surface area (Å²) in [6.07, 6.45) is 1.75. The largest absolute Gasteiger partial charge is 0.331 e. The summed E-state index contributed by atoms with van der Waals surface area (Å²) in [6.45, 7) is 6.40. The molecule has 0 aliphatic rings. The molecular weight excluding hydrogens is 290 g/mol. The lowest BCUT2D eigenvalue weighted by molar-refractivity contribution is 0.867. The van der Waals surface area contributed by atoms with Gasteiger partial charge in [0.2, 0.25) is 0 Å². The summed E-state index contributed by atoms with van der Waals surface area (Å²) < 4.78 is 0. The SMILES string of the molecule is Cc1cccc(/C=N/NC(=S)Nc2ccc(C(C)C)cc2)c1. The van der Waals surface area contributed by atoms with Crippen molar-refractivity contribution in [1.82, 2.24) is 5.43 Å². The molecule has 0 heterocycles. The van der Waals surface area contributed by atoms with Gasteiger partial charge in [-0.15, -0.1) is 0 Å². The summed E-state index contributed by atoms with van der Waals surface area (Å²) in [5.41, 5.74) is 7.33. The number of benzene rings is 2. The summed E-state index contributed by atoms with van der Waals surface area (Å²) in [6, 6.07) is 16.4. The second-order valence-electron chi connectivity index (χ2n) is 5.51. The molecule has 0 bridgehead atoms. The number of anilines is 1. The number of aryl methyl sites for hydroxylation is 1. The van der Waals surface area contributed by atoms with E-state index >= 15 is 0 Å². The number of hydrazone groups is 1. The summed E-state index contributed by atoms with van der Waals surface area (Å²) in [5.74, 6) is 0.526. The van der Waals surface area contributed by atoms with Crippen LogP contribution in [0.2, 0.25) is 0 Å². The molecule has 3 nitrogen and oxygen atoms in total. The maximum Gasteiger partial charge on any atom is 0.191 e. The lowest BCUT2D eigenvalue weighted by Crippen LogP contribution is -2.23. The predicted molar refractivity (Wildman–Crippen MR) is 98.7 cm³/mol. The molecule has 0 aliphatic carbocycles. The van der Waals surface area contributed by atoms with Gasteiger partial charge in [-0.2, -0.15) is 5.10 Å². The van der Waals surface area contributed by atoms with Crippen molar-refractivity contribution in [2.24, 2.45) is 5.10 Å². The van der Waals surface area contributed by atoms with Gasteiger partial charge in [-0.3, -0.25) is 5.43 Å².